The van der Waals surface area contributed by atoms with Crippen LogP contribution < -0.4 is 0 Å². The summed E-state index contributed by atoms with van der Waals surface area (Å²) in [5, 5.41) is 23.3. The lowest BCUT2D eigenvalue weighted by Crippen LogP contribution is -2.33. The molecule has 2 N–H and O–H groups in total. The predicted molar refractivity (Wildman–Crippen MR) is 102 cm³/mol. The molecule has 1 fully saturated rings. The Hall–Kier alpha value is -1.25. The second kappa shape index (κ2) is 8.19. The zero-order valence-corrected chi connectivity index (χ0v) is 16.0. The maximum absolute atomic E-state index is 9.78. The van der Waals surface area contributed by atoms with Crippen LogP contribution in [0.4, 0.5) is 0 Å². The van der Waals surface area contributed by atoms with Gasteiger partial charge in [-0.2, -0.15) is 5.10 Å². The second-order valence-electron chi connectivity index (χ2n) is 7.40. The van der Waals surface area contributed by atoms with E-state index in [1.54, 1.807) is 0 Å². The van der Waals surface area contributed by atoms with Crippen molar-refractivity contribution >= 4 is 11.3 Å². The van der Waals surface area contributed by atoms with Gasteiger partial charge >= 0.3 is 0 Å². The minimum atomic E-state index is -0.879. The third-order valence-corrected chi connectivity index (χ3v) is 6.39. The number of piperidine rings is 1. The van der Waals surface area contributed by atoms with Crippen LogP contribution in [0, 0.1) is 0 Å². The van der Waals surface area contributed by atoms with E-state index in [1.807, 2.05) is 22.1 Å². The van der Waals surface area contributed by atoms with Crippen molar-refractivity contribution in [3.05, 3.63) is 39.3 Å². The van der Waals surface area contributed by atoms with Crippen LogP contribution in [0.15, 0.2) is 18.2 Å². The molecule has 0 bridgehead atoms. The summed E-state index contributed by atoms with van der Waals surface area (Å²) in [6, 6.07) is 6.48. The lowest BCUT2D eigenvalue weighted by molar-refractivity contribution is 0.0915. The first-order chi connectivity index (χ1) is 12.7. The van der Waals surface area contributed by atoms with Crippen LogP contribution in [0.3, 0.4) is 0 Å². The Balaban J connectivity index is 1.34. The third kappa shape index (κ3) is 4.18. The van der Waals surface area contributed by atoms with Crippen molar-refractivity contribution in [2.24, 2.45) is 0 Å². The summed E-state index contributed by atoms with van der Waals surface area (Å²) >= 11 is 1.94. The summed E-state index contributed by atoms with van der Waals surface area (Å²) in [5.41, 5.74) is 1.69. The van der Waals surface area contributed by atoms with Gasteiger partial charge in [-0.25, -0.2) is 0 Å². The molecule has 2 aromatic rings. The number of aromatic nitrogens is 2. The number of nitrogens with zero attached hydrogens (tertiary/aromatic N) is 4. The van der Waals surface area contributed by atoms with Gasteiger partial charge in [0.1, 0.15) is 6.10 Å². The fourth-order valence-electron chi connectivity index (χ4n) is 3.88. The fourth-order valence-corrected chi connectivity index (χ4v) is 4.99. The summed E-state index contributed by atoms with van der Waals surface area (Å²) in [6.45, 7) is 6.90. The van der Waals surface area contributed by atoms with Gasteiger partial charge in [-0.1, -0.05) is 6.42 Å². The Morgan fingerprint density at radius 1 is 1.00 bits per heavy atom. The van der Waals surface area contributed by atoms with Crippen LogP contribution >= 0.6 is 11.3 Å². The lowest BCUT2D eigenvalue weighted by atomic mass is 10.1. The summed E-state index contributed by atoms with van der Waals surface area (Å²) in [4.78, 5) is 7.90. The molecule has 2 aromatic heterocycles. The standard InChI is InChI=1S/C19H28N4O2S/c24-14-19(25)18-10-15-11-22(8-9-23(15)20-18)13-17-5-4-16(26-17)12-21-6-2-1-3-7-21/h4-5,10,19,24-25H,1-3,6-9,11-14H2/t19-/m1/s1. The highest BCUT2D eigenvalue weighted by atomic mass is 32.1. The number of aliphatic hydroxyl groups is 2. The van der Waals surface area contributed by atoms with Crippen molar-refractivity contribution in [2.45, 2.75) is 51.5 Å². The summed E-state index contributed by atoms with van der Waals surface area (Å²) in [5.74, 6) is 0. The van der Waals surface area contributed by atoms with E-state index in [0.29, 0.717) is 5.69 Å². The van der Waals surface area contributed by atoms with E-state index >= 15 is 0 Å². The van der Waals surface area contributed by atoms with Crippen LogP contribution in [-0.2, 0) is 26.2 Å². The molecule has 0 saturated carbocycles. The van der Waals surface area contributed by atoms with Crippen LogP contribution in [0.1, 0.15) is 46.5 Å². The van der Waals surface area contributed by atoms with Gasteiger partial charge in [-0.3, -0.25) is 14.5 Å². The van der Waals surface area contributed by atoms with E-state index in [0.717, 1.165) is 38.4 Å². The normalized spacial score (nSPS) is 20.2. The molecule has 0 aliphatic carbocycles. The number of hydrogen-bond acceptors (Lipinski definition) is 6. The lowest BCUT2D eigenvalue weighted by Gasteiger charge is -2.27. The molecule has 2 aliphatic heterocycles. The highest BCUT2D eigenvalue weighted by Crippen LogP contribution is 2.24. The van der Waals surface area contributed by atoms with Crippen molar-refractivity contribution in [3.63, 3.8) is 0 Å². The SMILES string of the molecule is OC[C@@H](O)c1cc2n(n1)CCN(Cc1ccc(CN3CCCCC3)s1)C2. The Kier molecular flexibility index (Phi) is 5.71. The van der Waals surface area contributed by atoms with Gasteiger partial charge in [0.2, 0.25) is 0 Å². The molecule has 0 radical (unpaired) electrons. The largest absolute Gasteiger partial charge is 0.393 e. The molecule has 1 atom stereocenters. The Labute approximate surface area is 158 Å². The van der Waals surface area contributed by atoms with Gasteiger partial charge in [0, 0.05) is 35.9 Å². The number of aliphatic hydroxyl groups excluding tert-OH is 2. The first-order valence-electron chi connectivity index (χ1n) is 9.59. The van der Waals surface area contributed by atoms with Gasteiger partial charge in [-0.05, 0) is 44.1 Å². The second-order valence-corrected chi connectivity index (χ2v) is 8.65. The molecule has 1 saturated heterocycles. The third-order valence-electron chi connectivity index (χ3n) is 5.34. The number of hydrogen-bond donors (Lipinski definition) is 2. The minimum absolute atomic E-state index is 0.283. The Bertz CT molecular complexity index is 723. The molecule has 4 heterocycles. The maximum atomic E-state index is 9.78. The molecule has 4 rings (SSSR count). The van der Waals surface area contributed by atoms with E-state index in [2.05, 4.69) is 27.0 Å². The highest BCUT2D eigenvalue weighted by Gasteiger charge is 2.21. The molecule has 26 heavy (non-hydrogen) atoms. The molecule has 0 unspecified atom stereocenters. The number of likely N-dealkylation sites (tertiary alicyclic amines) is 1. The number of thiophene rings is 1. The molecule has 0 spiro atoms. The van der Waals surface area contributed by atoms with Crippen LogP contribution in [0.5, 0.6) is 0 Å². The maximum Gasteiger partial charge on any atom is 0.121 e. The van der Waals surface area contributed by atoms with E-state index in [1.165, 1.54) is 42.1 Å². The zero-order valence-electron chi connectivity index (χ0n) is 15.2. The first kappa shape index (κ1) is 18.1. The van der Waals surface area contributed by atoms with Gasteiger partial charge in [0.25, 0.3) is 0 Å². The average Bonchev–Trinajstić information content (AvgIpc) is 3.28. The molecule has 0 amide bonds. The monoisotopic (exact) mass is 376 g/mol. The topological polar surface area (TPSA) is 64.8 Å². The van der Waals surface area contributed by atoms with Crippen LogP contribution in [-0.4, -0.2) is 56.0 Å². The van der Waals surface area contributed by atoms with Crippen molar-refractivity contribution in [3.8, 4) is 0 Å². The molecule has 142 valence electrons. The van der Waals surface area contributed by atoms with Crippen molar-refractivity contribution in [1.82, 2.24) is 19.6 Å². The van der Waals surface area contributed by atoms with E-state index in [4.69, 9.17) is 5.11 Å². The molecular formula is C19H28N4O2S. The number of fused-ring (bicyclic) bond motifs is 1. The van der Waals surface area contributed by atoms with Gasteiger partial charge < -0.3 is 10.2 Å². The molecule has 0 aromatic carbocycles. The number of rotatable bonds is 6. The molecular weight excluding hydrogens is 348 g/mol. The smallest absolute Gasteiger partial charge is 0.121 e. The van der Waals surface area contributed by atoms with Crippen LogP contribution in [0.2, 0.25) is 0 Å². The Morgan fingerprint density at radius 2 is 1.73 bits per heavy atom. The van der Waals surface area contributed by atoms with Crippen molar-refractivity contribution < 1.29 is 10.2 Å². The Morgan fingerprint density at radius 3 is 2.46 bits per heavy atom. The van der Waals surface area contributed by atoms with Gasteiger partial charge in [0.05, 0.1) is 24.5 Å². The summed E-state index contributed by atoms with van der Waals surface area (Å²) in [7, 11) is 0. The fraction of sp³-hybridized carbons (Fsp3) is 0.632. The van der Waals surface area contributed by atoms with Gasteiger partial charge in [-0.15, -0.1) is 11.3 Å². The quantitative estimate of drug-likeness (QED) is 0.807. The van der Waals surface area contributed by atoms with Gasteiger partial charge in [0.15, 0.2) is 0 Å². The molecule has 2 aliphatic rings. The molecule has 6 nitrogen and oxygen atoms in total. The molecule has 7 heteroatoms. The average molecular weight is 377 g/mol. The first-order valence-corrected chi connectivity index (χ1v) is 10.4. The predicted octanol–water partition coefficient (Wildman–Crippen LogP) is 1.97. The zero-order chi connectivity index (χ0) is 17.9. The van der Waals surface area contributed by atoms with Crippen LogP contribution in [0.25, 0.3) is 0 Å². The van der Waals surface area contributed by atoms with E-state index < -0.39 is 6.10 Å². The van der Waals surface area contributed by atoms with E-state index in [9.17, 15) is 5.11 Å². The summed E-state index contributed by atoms with van der Waals surface area (Å²) < 4.78 is 1.96. The van der Waals surface area contributed by atoms with Crippen molar-refractivity contribution in [2.75, 3.05) is 26.2 Å². The summed E-state index contributed by atoms with van der Waals surface area (Å²) in [6.07, 6.45) is 3.19. The minimum Gasteiger partial charge on any atom is -0.393 e. The van der Waals surface area contributed by atoms with E-state index in [-0.39, 0.29) is 6.61 Å². The highest BCUT2D eigenvalue weighted by molar-refractivity contribution is 7.11. The van der Waals surface area contributed by atoms with Crippen molar-refractivity contribution in [1.29, 1.82) is 0 Å².